The second-order valence-electron chi connectivity index (χ2n) is 5.24. The van der Waals surface area contributed by atoms with Crippen LogP contribution in [-0.2, 0) is 11.3 Å². The highest BCUT2D eigenvalue weighted by Gasteiger charge is 2.15. The van der Waals surface area contributed by atoms with Crippen LogP contribution < -0.4 is 10.2 Å². The summed E-state index contributed by atoms with van der Waals surface area (Å²) < 4.78 is 10.8. The van der Waals surface area contributed by atoms with Gasteiger partial charge in [-0.25, -0.2) is 4.98 Å². The minimum absolute atomic E-state index is 0.330. The number of hydrogen-bond acceptors (Lipinski definition) is 6. The Morgan fingerprint density at radius 3 is 3.14 bits per heavy atom. The monoisotopic (exact) mass is 288 g/mol. The van der Waals surface area contributed by atoms with E-state index < -0.39 is 0 Å². The molecule has 1 saturated heterocycles. The number of hydrogen-bond donors (Lipinski definition) is 1. The van der Waals surface area contributed by atoms with Gasteiger partial charge in [-0.05, 0) is 31.0 Å². The Morgan fingerprint density at radius 1 is 1.43 bits per heavy atom. The van der Waals surface area contributed by atoms with E-state index in [4.69, 9.17) is 9.15 Å². The van der Waals surface area contributed by atoms with Crippen molar-refractivity contribution >= 4 is 11.8 Å². The number of furan rings is 1. The largest absolute Gasteiger partial charge is 0.467 e. The van der Waals surface area contributed by atoms with E-state index in [1.807, 2.05) is 30.1 Å². The van der Waals surface area contributed by atoms with Crippen LogP contribution in [0, 0.1) is 0 Å². The number of nitrogens with one attached hydrogen (secondary N) is 1. The summed E-state index contributed by atoms with van der Waals surface area (Å²) in [5.74, 6) is 2.40. The van der Waals surface area contributed by atoms with Crippen molar-refractivity contribution in [3.63, 3.8) is 0 Å². The van der Waals surface area contributed by atoms with Crippen molar-refractivity contribution in [3.05, 3.63) is 36.4 Å². The Labute approximate surface area is 124 Å². The highest BCUT2D eigenvalue weighted by atomic mass is 16.5. The molecule has 0 unspecified atom stereocenters. The first-order valence-corrected chi connectivity index (χ1v) is 7.22. The van der Waals surface area contributed by atoms with Crippen LogP contribution in [0.4, 0.5) is 11.8 Å². The normalized spacial score (nSPS) is 18.4. The van der Waals surface area contributed by atoms with Crippen molar-refractivity contribution in [2.45, 2.75) is 25.4 Å². The Hall–Kier alpha value is -2.08. The smallest absolute Gasteiger partial charge is 0.227 e. The van der Waals surface area contributed by atoms with Gasteiger partial charge in [0.1, 0.15) is 11.6 Å². The number of ether oxygens (including phenoxy) is 1. The third-order valence-corrected chi connectivity index (χ3v) is 3.47. The molecule has 6 nitrogen and oxygen atoms in total. The first-order valence-electron chi connectivity index (χ1n) is 7.22. The topological polar surface area (TPSA) is 63.4 Å². The van der Waals surface area contributed by atoms with Crippen molar-refractivity contribution in [2.75, 3.05) is 30.5 Å². The average Bonchev–Trinajstić information content (AvgIpc) is 3.01. The predicted molar refractivity (Wildman–Crippen MR) is 80.3 cm³/mol. The van der Waals surface area contributed by atoms with Crippen LogP contribution in [0.3, 0.4) is 0 Å². The van der Waals surface area contributed by atoms with E-state index in [0.717, 1.165) is 37.6 Å². The van der Waals surface area contributed by atoms with E-state index in [1.54, 1.807) is 12.5 Å². The molecule has 2 aromatic rings. The van der Waals surface area contributed by atoms with E-state index in [1.165, 1.54) is 0 Å². The first-order chi connectivity index (χ1) is 10.3. The van der Waals surface area contributed by atoms with Crippen LogP contribution >= 0.6 is 0 Å². The summed E-state index contributed by atoms with van der Waals surface area (Å²) in [4.78, 5) is 10.8. The summed E-state index contributed by atoms with van der Waals surface area (Å²) in [5, 5.41) is 3.41. The molecule has 0 aromatic carbocycles. The SMILES string of the molecule is CN(Cc1ccco1)c1nccc(N[C@H]2CCCOC2)n1. The van der Waals surface area contributed by atoms with E-state index >= 15 is 0 Å². The molecule has 0 bridgehead atoms. The number of nitrogens with zero attached hydrogens (tertiary/aromatic N) is 3. The standard InChI is InChI=1S/C15H20N4O2/c1-19(10-13-5-3-9-21-13)15-16-7-6-14(18-15)17-12-4-2-8-20-11-12/h3,5-7,9,12H,2,4,8,10-11H2,1H3,(H,16,17,18)/t12-/m0/s1. The summed E-state index contributed by atoms with van der Waals surface area (Å²) in [6, 6.07) is 6.04. The van der Waals surface area contributed by atoms with E-state index in [9.17, 15) is 0 Å². The maximum Gasteiger partial charge on any atom is 0.227 e. The molecule has 112 valence electrons. The van der Waals surface area contributed by atoms with Gasteiger partial charge in [0, 0.05) is 19.9 Å². The Bertz CT molecular complexity index is 553. The first kappa shape index (κ1) is 13.9. The third-order valence-electron chi connectivity index (χ3n) is 3.47. The van der Waals surface area contributed by atoms with Gasteiger partial charge in [0.25, 0.3) is 0 Å². The molecule has 1 aliphatic heterocycles. The molecule has 0 amide bonds. The van der Waals surface area contributed by atoms with Crippen molar-refractivity contribution in [3.8, 4) is 0 Å². The average molecular weight is 288 g/mol. The van der Waals surface area contributed by atoms with Gasteiger partial charge in [-0.3, -0.25) is 0 Å². The lowest BCUT2D eigenvalue weighted by molar-refractivity contribution is 0.0875. The van der Waals surface area contributed by atoms with Crippen LogP contribution in [0.15, 0.2) is 35.1 Å². The predicted octanol–water partition coefficient (Wildman–Crippen LogP) is 2.30. The zero-order valence-corrected chi connectivity index (χ0v) is 12.2. The second kappa shape index (κ2) is 6.58. The summed E-state index contributed by atoms with van der Waals surface area (Å²) in [6.45, 7) is 2.24. The number of anilines is 2. The molecule has 6 heteroatoms. The molecule has 1 fully saturated rings. The van der Waals surface area contributed by atoms with Gasteiger partial charge in [0.15, 0.2) is 0 Å². The van der Waals surface area contributed by atoms with Crippen LogP contribution in [0.25, 0.3) is 0 Å². The van der Waals surface area contributed by atoms with Gasteiger partial charge in [-0.15, -0.1) is 0 Å². The van der Waals surface area contributed by atoms with Crippen molar-refractivity contribution < 1.29 is 9.15 Å². The molecule has 3 heterocycles. The highest BCUT2D eigenvalue weighted by Crippen LogP contribution is 2.16. The van der Waals surface area contributed by atoms with Gasteiger partial charge < -0.3 is 19.4 Å². The van der Waals surface area contributed by atoms with Gasteiger partial charge in [0.2, 0.25) is 5.95 Å². The van der Waals surface area contributed by atoms with Gasteiger partial charge in [-0.2, -0.15) is 4.98 Å². The van der Waals surface area contributed by atoms with Crippen molar-refractivity contribution in [1.82, 2.24) is 9.97 Å². The summed E-state index contributed by atoms with van der Waals surface area (Å²) in [5.41, 5.74) is 0. The van der Waals surface area contributed by atoms with E-state index in [0.29, 0.717) is 18.5 Å². The molecule has 0 saturated carbocycles. The summed E-state index contributed by atoms with van der Waals surface area (Å²) in [7, 11) is 1.95. The fourth-order valence-corrected chi connectivity index (χ4v) is 2.38. The number of rotatable bonds is 5. The molecule has 0 radical (unpaired) electrons. The van der Waals surface area contributed by atoms with Crippen LogP contribution in [-0.4, -0.2) is 36.3 Å². The molecule has 2 aromatic heterocycles. The molecule has 0 aliphatic carbocycles. The number of aromatic nitrogens is 2. The zero-order chi connectivity index (χ0) is 14.5. The molecule has 3 rings (SSSR count). The summed E-state index contributed by atoms with van der Waals surface area (Å²) >= 11 is 0. The quantitative estimate of drug-likeness (QED) is 0.911. The van der Waals surface area contributed by atoms with E-state index in [-0.39, 0.29) is 0 Å². The van der Waals surface area contributed by atoms with E-state index in [2.05, 4.69) is 15.3 Å². The van der Waals surface area contributed by atoms with Crippen molar-refractivity contribution in [1.29, 1.82) is 0 Å². The lowest BCUT2D eigenvalue weighted by Gasteiger charge is -2.24. The fourth-order valence-electron chi connectivity index (χ4n) is 2.38. The van der Waals surface area contributed by atoms with Gasteiger partial charge >= 0.3 is 0 Å². The molecule has 1 N–H and O–H groups in total. The maximum atomic E-state index is 5.47. The summed E-state index contributed by atoms with van der Waals surface area (Å²) in [6.07, 6.45) is 5.65. The Balaban J connectivity index is 1.64. The zero-order valence-electron chi connectivity index (χ0n) is 12.2. The van der Waals surface area contributed by atoms with Crippen LogP contribution in [0.2, 0.25) is 0 Å². The molecule has 21 heavy (non-hydrogen) atoms. The Morgan fingerprint density at radius 2 is 2.38 bits per heavy atom. The molecule has 1 aliphatic rings. The van der Waals surface area contributed by atoms with Crippen molar-refractivity contribution in [2.24, 2.45) is 0 Å². The highest BCUT2D eigenvalue weighted by molar-refractivity contribution is 5.41. The molecular weight excluding hydrogens is 268 g/mol. The molecular formula is C15H20N4O2. The minimum atomic E-state index is 0.330. The van der Waals surface area contributed by atoms with Crippen LogP contribution in [0.5, 0.6) is 0 Å². The second-order valence-corrected chi connectivity index (χ2v) is 5.24. The van der Waals surface area contributed by atoms with Gasteiger partial charge in [-0.1, -0.05) is 0 Å². The maximum absolute atomic E-state index is 5.47. The molecule has 1 atom stereocenters. The lowest BCUT2D eigenvalue weighted by atomic mass is 10.1. The minimum Gasteiger partial charge on any atom is -0.467 e. The Kier molecular flexibility index (Phi) is 4.35. The lowest BCUT2D eigenvalue weighted by Crippen LogP contribution is -2.30. The van der Waals surface area contributed by atoms with Crippen LogP contribution in [0.1, 0.15) is 18.6 Å². The van der Waals surface area contributed by atoms with Gasteiger partial charge in [0.05, 0.1) is 25.5 Å². The third kappa shape index (κ3) is 3.72. The fraction of sp³-hybridized carbons (Fsp3) is 0.467. The molecule has 0 spiro atoms.